The lowest BCUT2D eigenvalue weighted by Gasteiger charge is -2.26. The predicted molar refractivity (Wildman–Crippen MR) is 108 cm³/mol. The molecule has 2 heterocycles. The topological polar surface area (TPSA) is 61.2 Å². The van der Waals surface area contributed by atoms with Crippen molar-refractivity contribution in [2.45, 2.75) is 33.2 Å². The van der Waals surface area contributed by atoms with Gasteiger partial charge in [-0.05, 0) is 45.4 Å². The van der Waals surface area contributed by atoms with Crippen LogP contribution >= 0.6 is 27.3 Å². The van der Waals surface area contributed by atoms with E-state index in [0.29, 0.717) is 16.0 Å². The maximum atomic E-state index is 13.3. The third-order valence-electron chi connectivity index (χ3n) is 4.26. The van der Waals surface area contributed by atoms with Gasteiger partial charge >= 0.3 is 5.97 Å². The molecule has 0 amide bonds. The number of benzene rings is 1. The quantitative estimate of drug-likeness (QED) is 0.567. The first kappa shape index (κ1) is 18.8. The Labute approximate surface area is 163 Å². The molecular weight excluding hydrogens is 416 g/mol. The lowest BCUT2D eigenvalue weighted by Crippen LogP contribution is -2.45. The van der Waals surface area contributed by atoms with Gasteiger partial charge in [0.1, 0.15) is 16.2 Å². The Balaban J connectivity index is 2.27. The highest BCUT2D eigenvalue weighted by Gasteiger charge is 2.35. The van der Waals surface area contributed by atoms with Gasteiger partial charge in [0.25, 0.3) is 5.56 Å². The Hall–Kier alpha value is -1.99. The van der Waals surface area contributed by atoms with Gasteiger partial charge in [-0.15, -0.1) is 11.3 Å². The molecule has 5 nitrogen and oxygen atoms in total. The van der Waals surface area contributed by atoms with Gasteiger partial charge in [-0.3, -0.25) is 9.36 Å². The Bertz CT molecular complexity index is 1040. The number of carbonyl (C=O) groups excluding carboxylic acids is 1. The van der Waals surface area contributed by atoms with E-state index in [1.807, 2.05) is 29.6 Å². The lowest BCUT2D eigenvalue weighted by atomic mass is 10.0. The number of hydrogen-bond acceptors (Lipinski definition) is 5. The fraction of sp³-hybridized carbons (Fsp3) is 0.316. The van der Waals surface area contributed by atoms with E-state index in [9.17, 15) is 9.59 Å². The molecule has 0 aliphatic carbocycles. The Kier molecular flexibility index (Phi) is 5.03. The van der Waals surface area contributed by atoms with Crippen molar-refractivity contribution in [2.24, 2.45) is 0 Å². The fourth-order valence-electron chi connectivity index (χ4n) is 2.99. The number of carbonyl (C=O) groups is 1. The highest BCUT2D eigenvalue weighted by Crippen LogP contribution is 2.32. The molecule has 0 aliphatic rings. The molecule has 1 aromatic carbocycles. The molecule has 26 heavy (non-hydrogen) atoms. The summed E-state index contributed by atoms with van der Waals surface area (Å²) in [5, 5.41) is 2.46. The van der Waals surface area contributed by atoms with Crippen molar-refractivity contribution >= 4 is 43.5 Å². The summed E-state index contributed by atoms with van der Waals surface area (Å²) in [6.45, 7) is 7.10. The van der Waals surface area contributed by atoms with E-state index in [-0.39, 0.29) is 12.2 Å². The number of nitrogens with zero attached hydrogens (tertiary/aromatic N) is 2. The SMILES string of the molecule is CCOC(=O)C(C)(C)n1c(C)nc2scc(-c3ccc(Br)cc3)c2c1=O. The smallest absolute Gasteiger partial charge is 0.331 e. The number of aryl methyl sites for hydroxylation is 1. The summed E-state index contributed by atoms with van der Waals surface area (Å²) >= 11 is 4.85. The molecule has 0 unspecified atom stereocenters. The summed E-state index contributed by atoms with van der Waals surface area (Å²) in [7, 11) is 0. The van der Waals surface area contributed by atoms with Crippen LogP contribution in [0.2, 0.25) is 0 Å². The van der Waals surface area contributed by atoms with Gasteiger partial charge in [-0.1, -0.05) is 28.1 Å². The monoisotopic (exact) mass is 434 g/mol. The third kappa shape index (κ3) is 3.10. The zero-order valence-electron chi connectivity index (χ0n) is 15.0. The zero-order valence-corrected chi connectivity index (χ0v) is 17.4. The van der Waals surface area contributed by atoms with Crippen LogP contribution in [0.4, 0.5) is 0 Å². The summed E-state index contributed by atoms with van der Waals surface area (Å²) in [6, 6.07) is 7.76. The van der Waals surface area contributed by atoms with Crippen LogP contribution in [0.15, 0.2) is 38.9 Å². The first-order valence-electron chi connectivity index (χ1n) is 8.22. The van der Waals surface area contributed by atoms with Crippen LogP contribution in [0, 0.1) is 6.92 Å². The van der Waals surface area contributed by atoms with Crippen molar-refractivity contribution in [3.8, 4) is 11.1 Å². The fourth-order valence-corrected chi connectivity index (χ4v) is 4.24. The molecule has 0 aliphatic heterocycles. The van der Waals surface area contributed by atoms with Crippen LogP contribution < -0.4 is 5.56 Å². The molecule has 136 valence electrons. The maximum absolute atomic E-state index is 13.3. The van der Waals surface area contributed by atoms with E-state index in [2.05, 4.69) is 20.9 Å². The molecule has 0 atom stereocenters. The maximum Gasteiger partial charge on any atom is 0.331 e. The van der Waals surface area contributed by atoms with Crippen molar-refractivity contribution in [1.29, 1.82) is 0 Å². The zero-order chi connectivity index (χ0) is 19.1. The molecule has 0 saturated heterocycles. The molecule has 3 rings (SSSR count). The molecule has 0 bridgehead atoms. The average molecular weight is 435 g/mol. The molecule has 0 fully saturated rings. The Morgan fingerprint density at radius 2 is 1.96 bits per heavy atom. The number of fused-ring (bicyclic) bond motifs is 1. The number of aromatic nitrogens is 2. The predicted octanol–water partition coefficient (Wildman–Crippen LogP) is 4.49. The van der Waals surface area contributed by atoms with Crippen molar-refractivity contribution in [1.82, 2.24) is 9.55 Å². The number of rotatable bonds is 4. The molecule has 3 aromatic rings. The van der Waals surface area contributed by atoms with Gasteiger partial charge in [0.15, 0.2) is 0 Å². The van der Waals surface area contributed by atoms with Crippen LogP contribution in [-0.4, -0.2) is 22.1 Å². The minimum Gasteiger partial charge on any atom is -0.464 e. The number of hydrogen-bond donors (Lipinski definition) is 0. The van der Waals surface area contributed by atoms with Gasteiger partial charge in [-0.2, -0.15) is 0 Å². The largest absolute Gasteiger partial charge is 0.464 e. The lowest BCUT2D eigenvalue weighted by molar-refractivity contribution is -0.152. The van der Waals surface area contributed by atoms with Crippen LogP contribution in [0.5, 0.6) is 0 Å². The molecular formula is C19H19BrN2O3S. The Morgan fingerprint density at radius 3 is 2.58 bits per heavy atom. The van der Waals surface area contributed by atoms with Gasteiger partial charge in [-0.25, -0.2) is 9.78 Å². The van der Waals surface area contributed by atoms with E-state index in [0.717, 1.165) is 15.6 Å². The molecule has 7 heteroatoms. The molecule has 0 saturated carbocycles. The molecule has 0 radical (unpaired) electrons. The van der Waals surface area contributed by atoms with Gasteiger partial charge in [0.05, 0.1) is 12.0 Å². The molecule has 2 aromatic heterocycles. The molecule has 0 N–H and O–H groups in total. The summed E-state index contributed by atoms with van der Waals surface area (Å²) in [5.41, 5.74) is 0.382. The average Bonchev–Trinajstić information content (AvgIpc) is 2.99. The Morgan fingerprint density at radius 1 is 1.31 bits per heavy atom. The number of halogens is 1. The van der Waals surface area contributed by atoms with E-state index in [1.165, 1.54) is 15.9 Å². The standard InChI is InChI=1S/C19H19BrN2O3S/c1-5-25-18(24)19(3,4)22-11(2)21-16-15(17(22)23)14(10-26-16)12-6-8-13(20)9-7-12/h6-10H,5H2,1-4H3. The van der Waals surface area contributed by atoms with Crippen LogP contribution in [0.3, 0.4) is 0 Å². The van der Waals surface area contributed by atoms with E-state index in [4.69, 9.17) is 4.74 Å². The number of esters is 1. The molecule has 0 spiro atoms. The summed E-state index contributed by atoms with van der Waals surface area (Å²) in [5.74, 6) is 0.0385. The van der Waals surface area contributed by atoms with Crippen molar-refractivity contribution in [3.63, 3.8) is 0 Å². The van der Waals surface area contributed by atoms with E-state index in [1.54, 1.807) is 27.7 Å². The van der Waals surface area contributed by atoms with Gasteiger partial charge in [0.2, 0.25) is 0 Å². The van der Waals surface area contributed by atoms with E-state index < -0.39 is 11.5 Å². The third-order valence-corrected chi connectivity index (χ3v) is 5.67. The van der Waals surface area contributed by atoms with Crippen LogP contribution in [0.1, 0.15) is 26.6 Å². The van der Waals surface area contributed by atoms with Crippen LogP contribution in [-0.2, 0) is 15.1 Å². The first-order valence-corrected chi connectivity index (χ1v) is 9.89. The summed E-state index contributed by atoms with van der Waals surface area (Å²) in [4.78, 5) is 31.0. The summed E-state index contributed by atoms with van der Waals surface area (Å²) in [6.07, 6.45) is 0. The van der Waals surface area contributed by atoms with Crippen molar-refractivity contribution in [2.75, 3.05) is 6.61 Å². The minimum atomic E-state index is -1.14. The number of thiophene rings is 1. The number of ether oxygens (including phenoxy) is 1. The second-order valence-corrected chi connectivity index (χ2v) is 8.19. The second kappa shape index (κ2) is 6.96. The highest BCUT2D eigenvalue weighted by molar-refractivity contribution is 9.10. The van der Waals surface area contributed by atoms with Crippen molar-refractivity contribution < 1.29 is 9.53 Å². The highest BCUT2D eigenvalue weighted by atomic mass is 79.9. The van der Waals surface area contributed by atoms with Gasteiger partial charge in [0, 0.05) is 15.4 Å². The minimum absolute atomic E-state index is 0.232. The summed E-state index contributed by atoms with van der Waals surface area (Å²) < 4.78 is 7.56. The second-order valence-electron chi connectivity index (χ2n) is 6.42. The van der Waals surface area contributed by atoms with E-state index >= 15 is 0 Å². The van der Waals surface area contributed by atoms with Crippen molar-refractivity contribution in [3.05, 3.63) is 50.3 Å². The van der Waals surface area contributed by atoms with Gasteiger partial charge < -0.3 is 4.74 Å². The first-order chi connectivity index (χ1) is 12.3. The van der Waals surface area contributed by atoms with Crippen LogP contribution in [0.25, 0.3) is 21.3 Å². The normalized spacial score (nSPS) is 11.7.